The third-order valence-corrected chi connectivity index (χ3v) is 12.9. The van der Waals surface area contributed by atoms with Gasteiger partial charge in [0.15, 0.2) is 0 Å². The van der Waals surface area contributed by atoms with Crippen LogP contribution in [-0.4, -0.2) is 60.5 Å². The fraction of sp³-hybridized carbons (Fsp3) is 0.887. The molecule has 10 nitrogen and oxygen atoms in total. The molecule has 0 saturated heterocycles. The van der Waals surface area contributed by atoms with Crippen LogP contribution in [0.4, 0.5) is 0 Å². The van der Waals surface area contributed by atoms with Crippen molar-refractivity contribution in [2.45, 2.75) is 276 Å². The monoisotopic (exact) mass is 928 g/mol. The molecule has 3 unspecified atom stereocenters. The maximum absolute atomic E-state index is 12.7. The average Bonchev–Trinajstić information content (AvgIpc) is 3.28. The summed E-state index contributed by atoms with van der Waals surface area (Å²) in [5.74, 6) is -1.77. The molecule has 0 aromatic rings. The highest BCUT2D eigenvalue weighted by atomic mass is 31.2. The van der Waals surface area contributed by atoms with Crippen LogP contribution in [0.1, 0.15) is 264 Å². The van der Waals surface area contributed by atoms with Crippen molar-refractivity contribution in [1.29, 1.82) is 0 Å². The van der Waals surface area contributed by atoms with Crippen LogP contribution in [0, 0.1) is 0 Å². The molecule has 0 radical (unpaired) electrons. The number of nitrogens with two attached hydrogens (primary N) is 1. The van der Waals surface area contributed by atoms with Crippen LogP contribution in [0.3, 0.4) is 0 Å². The van der Waals surface area contributed by atoms with Crippen LogP contribution in [0.2, 0.25) is 0 Å². The molecule has 0 aliphatic rings. The van der Waals surface area contributed by atoms with Gasteiger partial charge in [-0.25, -0.2) is 4.57 Å². The van der Waals surface area contributed by atoms with E-state index in [0.29, 0.717) is 6.61 Å². The molecule has 0 saturated carbocycles. The number of phosphoric acid groups is 1. The quantitative estimate of drug-likeness (QED) is 0.0232. The molecule has 378 valence electrons. The van der Waals surface area contributed by atoms with Crippen LogP contribution >= 0.6 is 7.82 Å². The Labute approximate surface area is 394 Å². The second-order valence-electron chi connectivity index (χ2n) is 18.4. The second-order valence-corrected chi connectivity index (χ2v) is 19.8. The highest BCUT2D eigenvalue weighted by Gasteiger charge is 2.27. The van der Waals surface area contributed by atoms with E-state index in [1.807, 2.05) is 0 Å². The summed E-state index contributed by atoms with van der Waals surface area (Å²) < 4.78 is 33.6. The molecule has 64 heavy (non-hydrogen) atoms. The first-order valence-corrected chi connectivity index (χ1v) is 28.4. The Morgan fingerprint density at radius 3 is 1.30 bits per heavy atom. The molecule has 0 aliphatic heterocycles. The number of carbonyl (C=O) groups is 2. The van der Waals surface area contributed by atoms with Gasteiger partial charge < -0.3 is 25.2 Å². The Morgan fingerprint density at radius 1 is 0.500 bits per heavy atom. The van der Waals surface area contributed by atoms with Crippen molar-refractivity contribution < 1.29 is 42.7 Å². The Morgan fingerprint density at radius 2 is 0.859 bits per heavy atom. The molecule has 0 bridgehead atoms. The lowest BCUT2D eigenvalue weighted by molar-refractivity contribution is -0.154. The molecule has 0 aliphatic carbocycles. The highest BCUT2D eigenvalue weighted by Crippen LogP contribution is 2.43. The molecule has 0 aromatic heterocycles. The number of rotatable bonds is 52. The van der Waals surface area contributed by atoms with Crippen LogP contribution in [0.25, 0.3) is 0 Å². The summed E-state index contributed by atoms with van der Waals surface area (Å²) in [6, 6.07) is -1.47. The smallest absolute Gasteiger partial charge is 0.472 e. The topological polar surface area (TPSA) is 155 Å². The van der Waals surface area contributed by atoms with Crippen molar-refractivity contribution in [2.24, 2.45) is 5.73 Å². The minimum atomic E-state index is -4.62. The lowest BCUT2D eigenvalue weighted by Gasteiger charge is -2.20. The molecule has 0 amide bonds. The zero-order valence-electron chi connectivity index (χ0n) is 41.6. The fourth-order valence-electron chi connectivity index (χ4n) is 7.81. The van der Waals surface area contributed by atoms with Gasteiger partial charge in [-0.15, -0.1) is 0 Å². The molecular weight excluding hydrogens is 826 g/mol. The third kappa shape index (κ3) is 48.4. The molecule has 0 spiro atoms. The first-order valence-electron chi connectivity index (χ1n) is 26.9. The van der Waals surface area contributed by atoms with Gasteiger partial charge in [0.05, 0.1) is 19.8 Å². The van der Waals surface area contributed by atoms with E-state index in [9.17, 15) is 19.0 Å². The summed E-state index contributed by atoms with van der Waals surface area (Å²) in [7, 11) is -4.62. The molecule has 4 N–H and O–H groups in total. The summed E-state index contributed by atoms with van der Waals surface area (Å²) in [5.41, 5.74) is 5.38. The zero-order valence-corrected chi connectivity index (χ0v) is 42.5. The van der Waals surface area contributed by atoms with Gasteiger partial charge in [-0.05, 0) is 44.9 Å². The van der Waals surface area contributed by atoms with Crippen molar-refractivity contribution in [3.05, 3.63) is 24.3 Å². The predicted octanol–water partition coefficient (Wildman–Crippen LogP) is 15.8. The van der Waals surface area contributed by atoms with Crippen molar-refractivity contribution in [3.63, 3.8) is 0 Å². The van der Waals surface area contributed by atoms with Gasteiger partial charge in [-0.2, -0.15) is 0 Å². The van der Waals surface area contributed by atoms with Crippen LogP contribution in [0.5, 0.6) is 0 Å². The van der Waals surface area contributed by atoms with E-state index in [1.165, 1.54) is 199 Å². The number of carbonyl (C=O) groups excluding carboxylic acids is 1. The van der Waals surface area contributed by atoms with E-state index < -0.39 is 45.1 Å². The zero-order chi connectivity index (χ0) is 46.9. The lowest BCUT2D eigenvalue weighted by atomic mass is 10.0. The minimum Gasteiger partial charge on any atom is -0.480 e. The maximum atomic E-state index is 12.7. The molecule has 0 aromatic carbocycles. The van der Waals surface area contributed by atoms with Gasteiger partial charge in [-0.1, -0.05) is 237 Å². The average molecular weight is 928 g/mol. The van der Waals surface area contributed by atoms with E-state index in [0.717, 1.165) is 44.9 Å². The van der Waals surface area contributed by atoms with Crippen molar-refractivity contribution in [1.82, 2.24) is 0 Å². The van der Waals surface area contributed by atoms with E-state index in [2.05, 4.69) is 38.2 Å². The number of carboxylic acid groups (broad SMARTS) is 1. The molecule has 0 heterocycles. The number of phosphoric ester groups is 1. The molecule has 0 rings (SSSR count). The minimum absolute atomic E-state index is 0.0195. The number of aliphatic carboxylic acids is 1. The normalized spacial score (nSPS) is 13.8. The van der Waals surface area contributed by atoms with Crippen LogP contribution in [0.15, 0.2) is 24.3 Å². The third-order valence-electron chi connectivity index (χ3n) is 12.0. The van der Waals surface area contributed by atoms with Gasteiger partial charge in [0.1, 0.15) is 12.1 Å². The molecule has 11 heteroatoms. The Balaban J connectivity index is 4.08. The van der Waals surface area contributed by atoms with E-state index in [1.54, 1.807) is 0 Å². The molecule has 0 fully saturated rings. The summed E-state index contributed by atoms with van der Waals surface area (Å²) >= 11 is 0. The van der Waals surface area contributed by atoms with Crippen molar-refractivity contribution in [3.8, 4) is 0 Å². The van der Waals surface area contributed by atoms with Gasteiger partial charge in [0.2, 0.25) is 0 Å². The van der Waals surface area contributed by atoms with Crippen LogP contribution < -0.4 is 5.73 Å². The van der Waals surface area contributed by atoms with Crippen LogP contribution in [-0.2, 0) is 32.7 Å². The predicted molar refractivity (Wildman–Crippen MR) is 268 cm³/mol. The van der Waals surface area contributed by atoms with Gasteiger partial charge >= 0.3 is 19.8 Å². The number of hydrogen-bond donors (Lipinski definition) is 3. The van der Waals surface area contributed by atoms with E-state index >= 15 is 0 Å². The van der Waals surface area contributed by atoms with Gasteiger partial charge in [0, 0.05) is 13.0 Å². The summed E-state index contributed by atoms with van der Waals surface area (Å²) in [6.45, 7) is 3.91. The van der Waals surface area contributed by atoms with Crippen molar-refractivity contribution in [2.75, 3.05) is 26.4 Å². The Kier molecular flexibility index (Phi) is 48.2. The Bertz CT molecular complexity index is 1120. The first-order chi connectivity index (χ1) is 31.2. The van der Waals surface area contributed by atoms with Gasteiger partial charge in [-0.3, -0.25) is 18.6 Å². The largest absolute Gasteiger partial charge is 0.480 e. The van der Waals surface area contributed by atoms with Crippen molar-refractivity contribution >= 4 is 19.8 Å². The Hall–Kier alpha value is -1.55. The number of hydrogen-bond acceptors (Lipinski definition) is 8. The molecule has 3 atom stereocenters. The fourth-order valence-corrected chi connectivity index (χ4v) is 8.59. The number of carboxylic acids is 1. The molecular formula is C53H102NO9P. The second kappa shape index (κ2) is 49.4. The number of ether oxygens (including phenoxy) is 2. The highest BCUT2D eigenvalue weighted by molar-refractivity contribution is 7.47. The number of unbranched alkanes of at least 4 members (excludes halogenated alkanes) is 34. The van der Waals surface area contributed by atoms with E-state index in [4.69, 9.17) is 29.4 Å². The summed E-state index contributed by atoms with van der Waals surface area (Å²) in [6.07, 6.45) is 56.7. The van der Waals surface area contributed by atoms with E-state index in [-0.39, 0.29) is 13.0 Å². The number of esters is 1. The first kappa shape index (κ1) is 62.4. The lowest BCUT2D eigenvalue weighted by Crippen LogP contribution is -2.34. The number of allylic oxidation sites excluding steroid dienone is 4. The SMILES string of the molecule is CCCCC/C=C\C/C=C\CCCCCCCCCCCCOCC(COP(=O)(O)OCC(N)C(=O)O)OC(=O)CCCCCCCCCCCCCCCCCCCCCCCC. The summed E-state index contributed by atoms with van der Waals surface area (Å²) in [4.78, 5) is 33.7. The summed E-state index contributed by atoms with van der Waals surface area (Å²) in [5, 5.41) is 8.94. The van der Waals surface area contributed by atoms with Gasteiger partial charge in [0.25, 0.3) is 0 Å². The maximum Gasteiger partial charge on any atom is 0.472 e. The standard InChI is InChI=1S/C53H102NO9P/c1-3-5-7-9-11-13-15-17-19-21-23-25-26-27-29-31-33-35-37-39-41-43-45-52(55)63-50(48-61-64(58,59)62-49-51(54)53(56)57)47-60-46-44-42-40-38-36-34-32-30-28-24-22-20-18-16-14-12-10-8-6-4-2/h12,14,18,20,50-51H,3-11,13,15-17,19,21-49,54H2,1-2H3,(H,56,57)(H,58,59)/b14-12-,20-18-.